The summed E-state index contributed by atoms with van der Waals surface area (Å²) < 4.78 is 8.57. The molecule has 0 aliphatic rings. The molecule has 0 aromatic heterocycles. The van der Waals surface area contributed by atoms with Crippen LogP contribution in [0.5, 0.6) is 0 Å². The van der Waals surface area contributed by atoms with E-state index in [0.717, 1.165) is 10.5 Å². The van der Waals surface area contributed by atoms with Gasteiger partial charge in [-0.3, -0.25) is 9.59 Å². The molecule has 10 nitrogen and oxygen atoms in total. The van der Waals surface area contributed by atoms with Gasteiger partial charge in [-0.2, -0.15) is 0 Å². The fourth-order valence-corrected chi connectivity index (χ4v) is 0.418. The molecule has 7 N–H and O–H groups in total. The third-order valence-electron chi connectivity index (χ3n) is 0.998. The number of aliphatic carboxylic acids is 2. The molecule has 0 spiro atoms. The summed E-state index contributed by atoms with van der Waals surface area (Å²) in [5.41, 5.74) is 9.38. The molecule has 0 heterocycles. The Labute approximate surface area is 127 Å². The molecule has 0 aromatic carbocycles. The molecule has 0 rings (SSSR count). The largest absolute Gasteiger partial charge is 0.481 e. The lowest BCUT2D eigenvalue weighted by Crippen LogP contribution is -2.32. The van der Waals surface area contributed by atoms with Crippen molar-refractivity contribution in [2.75, 3.05) is 27.8 Å². The number of carboxylic acids is 2. The fourth-order valence-electron chi connectivity index (χ4n) is 0.418. The number of carbonyl (C=O) groups is 3. The number of primary amides is 1. The Morgan fingerprint density at radius 3 is 1.67 bits per heavy atom. The summed E-state index contributed by atoms with van der Waals surface area (Å²) in [5.74, 6) is -2.50. The first-order valence-corrected chi connectivity index (χ1v) is 6.56. The van der Waals surface area contributed by atoms with Gasteiger partial charge in [0.15, 0.2) is 0 Å². The Hall–Kier alpha value is -1.69. The van der Waals surface area contributed by atoms with Crippen molar-refractivity contribution < 1.29 is 33.8 Å². The zero-order valence-corrected chi connectivity index (χ0v) is 15.1. The zero-order chi connectivity index (χ0) is 17.8. The molecular weight excluding hydrogens is 302 g/mol. The zero-order valence-electron chi connectivity index (χ0n) is 13.1. The van der Waals surface area contributed by atoms with Crippen molar-refractivity contribution in [1.29, 1.82) is 0 Å². The highest BCUT2D eigenvalue weighted by atomic mass is 28.2. The van der Waals surface area contributed by atoms with Crippen molar-refractivity contribution in [2.45, 2.75) is 19.4 Å². The standard InChI is InChI=1S/C4H7NO4.C3H7NO2.C2H7N.CH6OSi/c5-2(4(8)9)1-3(6)7;1-2-6-3(4)5;1-3-2;1-2-3/h2H,1,5H2,(H,6,7)(H,8,9);2H2,1H3,(H2,4,5);3H,1-2H3;1,3H3. The number of carboxylic acid groups (broad SMARTS) is 2. The number of ether oxygens (including phenoxy) is 1. The summed E-state index contributed by atoms with van der Waals surface area (Å²) >= 11 is 0. The fraction of sp³-hybridized carbons (Fsp3) is 0.700. The van der Waals surface area contributed by atoms with Crippen molar-refractivity contribution >= 4 is 28.5 Å². The van der Waals surface area contributed by atoms with Crippen molar-refractivity contribution in [3.8, 4) is 0 Å². The molecule has 0 radical (unpaired) electrons. The average molecular weight is 329 g/mol. The molecule has 11 heteroatoms. The molecule has 0 aromatic rings. The first-order chi connectivity index (χ1) is 9.64. The summed E-state index contributed by atoms with van der Waals surface area (Å²) in [6.45, 7) is 2.06. The third-order valence-corrected chi connectivity index (χ3v) is 0.998. The second-order valence-corrected chi connectivity index (χ2v) is 4.02. The van der Waals surface area contributed by atoms with E-state index in [1.165, 1.54) is 0 Å². The molecule has 1 unspecified atom stereocenters. The Bertz CT molecular complexity index is 265. The summed E-state index contributed by atoms with van der Waals surface area (Å²) in [7, 11) is 6.31. The minimum absolute atomic E-state index is 0.356. The first kappa shape index (κ1) is 27.6. The van der Waals surface area contributed by atoms with Crippen molar-refractivity contribution in [3.05, 3.63) is 0 Å². The molecular formula is C10H27N3O7Si. The Morgan fingerprint density at radius 1 is 1.29 bits per heavy atom. The summed E-state index contributed by atoms with van der Waals surface area (Å²) in [4.78, 5) is 29.2. The van der Waals surface area contributed by atoms with Crippen LogP contribution in [0.15, 0.2) is 0 Å². The maximum atomic E-state index is 9.85. The molecule has 0 bridgehead atoms. The van der Waals surface area contributed by atoms with E-state index >= 15 is 0 Å². The van der Waals surface area contributed by atoms with Gasteiger partial charge in [-0.25, -0.2) is 4.79 Å². The molecule has 0 saturated carbocycles. The van der Waals surface area contributed by atoms with Crippen molar-refractivity contribution in [2.24, 2.45) is 11.5 Å². The molecule has 21 heavy (non-hydrogen) atoms. The lowest BCUT2D eigenvalue weighted by Gasteiger charge is -1.99. The molecule has 1 amide bonds. The maximum absolute atomic E-state index is 9.85. The monoisotopic (exact) mass is 329 g/mol. The van der Waals surface area contributed by atoms with Crippen LogP contribution in [0, 0.1) is 0 Å². The quantitative estimate of drug-likeness (QED) is 0.356. The third kappa shape index (κ3) is 56.2. The van der Waals surface area contributed by atoms with Crippen molar-refractivity contribution in [1.82, 2.24) is 5.32 Å². The van der Waals surface area contributed by atoms with Gasteiger partial charge < -0.3 is 36.2 Å². The minimum Gasteiger partial charge on any atom is -0.481 e. The van der Waals surface area contributed by atoms with E-state index in [1.807, 2.05) is 14.1 Å². The number of hydrogen-bond donors (Lipinski definition) is 5. The van der Waals surface area contributed by atoms with Gasteiger partial charge in [-0.05, 0) is 21.0 Å². The van der Waals surface area contributed by atoms with Gasteiger partial charge in [-0.1, -0.05) is 0 Å². The predicted molar refractivity (Wildman–Crippen MR) is 81.0 cm³/mol. The van der Waals surface area contributed by atoms with Crippen LogP contribution in [0.4, 0.5) is 4.79 Å². The van der Waals surface area contributed by atoms with E-state index in [4.69, 9.17) is 15.9 Å². The summed E-state index contributed by atoms with van der Waals surface area (Å²) in [5, 5.41) is 18.8. The second-order valence-electron chi connectivity index (χ2n) is 3.20. The van der Waals surface area contributed by atoms with E-state index in [2.05, 4.69) is 20.2 Å². The van der Waals surface area contributed by atoms with Gasteiger partial charge in [-0.15, -0.1) is 0 Å². The van der Waals surface area contributed by atoms with Gasteiger partial charge in [0.1, 0.15) is 16.5 Å². The molecule has 0 aliphatic heterocycles. The van der Waals surface area contributed by atoms with Crippen LogP contribution in [0.2, 0.25) is 0 Å². The van der Waals surface area contributed by atoms with E-state index < -0.39 is 30.5 Å². The summed E-state index contributed by atoms with van der Waals surface area (Å²) in [6, 6.07) is -1.29. The minimum atomic E-state index is -1.29. The highest BCUT2D eigenvalue weighted by molar-refractivity contribution is 5.97. The maximum Gasteiger partial charge on any atom is 0.404 e. The van der Waals surface area contributed by atoms with Crippen LogP contribution in [0.25, 0.3) is 0 Å². The Kier molecular flexibility index (Phi) is 30.8. The second kappa shape index (κ2) is 23.4. The van der Waals surface area contributed by atoms with Crippen LogP contribution in [-0.4, -0.2) is 72.6 Å². The van der Waals surface area contributed by atoms with Gasteiger partial charge in [0.05, 0.1) is 13.0 Å². The number of amides is 1. The van der Waals surface area contributed by atoms with Gasteiger partial charge in [0, 0.05) is 7.11 Å². The molecule has 0 fully saturated rings. The predicted octanol–water partition coefficient (Wildman–Crippen LogP) is -2.28. The molecule has 128 valence electrons. The average Bonchev–Trinajstić information content (AvgIpc) is 2.30. The smallest absolute Gasteiger partial charge is 0.404 e. The topological polar surface area (TPSA) is 174 Å². The van der Waals surface area contributed by atoms with E-state index in [-0.39, 0.29) is 0 Å². The highest BCUT2D eigenvalue weighted by Crippen LogP contribution is 1.86. The number of nitrogens with two attached hydrogens (primary N) is 2. The first-order valence-electron chi connectivity index (χ1n) is 5.75. The van der Waals surface area contributed by atoms with Gasteiger partial charge in [0.25, 0.3) is 0 Å². The number of carbonyl (C=O) groups excluding carboxylic acids is 1. The summed E-state index contributed by atoms with van der Waals surface area (Å²) in [6.07, 6.45) is -1.24. The number of nitrogens with one attached hydrogen (secondary N) is 1. The lowest BCUT2D eigenvalue weighted by atomic mass is 10.2. The van der Waals surface area contributed by atoms with Crippen LogP contribution >= 0.6 is 0 Å². The number of hydrogen-bond acceptors (Lipinski definition) is 7. The van der Waals surface area contributed by atoms with Gasteiger partial charge >= 0.3 is 18.0 Å². The van der Waals surface area contributed by atoms with Crippen LogP contribution in [-0.2, 0) is 18.8 Å². The Morgan fingerprint density at radius 2 is 1.62 bits per heavy atom. The number of rotatable bonds is 4. The molecule has 0 aliphatic carbocycles. The van der Waals surface area contributed by atoms with E-state index in [0.29, 0.717) is 6.61 Å². The highest BCUT2D eigenvalue weighted by Gasteiger charge is 2.14. The van der Waals surface area contributed by atoms with E-state index in [9.17, 15) is 14.4 Å². The SMILES string of the molecule is CCOC(N)=O.CNC.CO[SiH3].NC(CC(=O)O)C(=O)O. The Balaban J connectivity index is -0.000000104. The normalized spacial score (nSPS) is 9.38. The van der Waals surface area contributed by atoms with Crippen molar-refractivity contribution in [3.63, 3.8) is 0 Å². The van der Waals surface area contributed by atoms with Crippen LogP contribution in [0.3, 0.4) is 0 Å². The van der Waals surface area contributed by atoms with Crippen LogP contribution in [0.1, 0.15) is 13.3 Å². The van der Waals surface area contributed by atoms with E-state index in [1.54, 1.807) is 14.0 Å². The molecule has 0 saturated heterocycles. The van der Waals surface area contributed by atoms with Crippen LogP contribution < -0.4 is 16.8 Å². The molecule has 1 atom stereocenters. The lowest BCUT2D eigenvalue weighted by molar-refractivity contribution is -0.144. The van der Waals surface area contributed by atoms with Gasteiger partial charge in [0.2, 0.25) is 0 Å².